The topological polar surface area (TPSA) is 46.0 Å². The molecule has 4 rings (SSSR count). The van der Waals surface area contributed by atoms with Gasteiger partial charge in [-0.15, -0.1) is 0 Å². The summed E-state index contributed by atoms with van der Waals surface area (Å²) < 4.78 is 0. The molecule has 2 bridgehead atoms. The Morgan fingerprint density at radius 3 is 2.47 bits per heavy atom. The summed E-state index contributed by atoms with van der Waals surface area (Å²) in [6.07, 6.45) is 3.81. The molecule has 1 N–H and O–H groups in total. The van der Waals surface area contributed by atoms with Crippen LogP contribution in [0, 0.1) is 0 Å². The minimum atomic E-state index is 0.0702. The van der Waals surface area contributed by atoms with Crippen LogP contribution in [0.25, 0.3) is 11.0 Å². The molecule has 0 radical (unpaired) electrons. The van der Waals surface area contributed by atoms with Crippen LogP contribution in [0.15, 0.2) is 18.2 Å². The maximum absolute atomic E-state index is 9.15. The molecule has 0 spiro atoms. The monoisotopic (exact) mass is 226 g/mol. The minimum absolute atomic E-state index is 0.0702. The second-order valence-corrected chi connectivity index (χ2v) is 5.18. The first-order valence-electron chi connectivity index (χ1n) is 6.26. The number of hydrogen-bond donors (Lipinski definition) is 1. The number of aliphatic hydroxyl groups excluding tert-OH is 1. The highest BCUT2D eigenvalue weighted by atomic mass is 16.3. The Labute approximate surface area is 99.5 Å². The van der Waals surface area contributed by atoms with Gasteiger partial charge in [-0.25, -0.2) is 9.97 Å². The van der Waals surface area contributed by atoms with Crippen LogP contribution in [0.1, 0.15) is 48.0 Å². The third-order valence-electron chi connectivity index (χ3n) is 4.17. The first kappa shape index (κ1) is 9.54. The number of rotatable bonds is 1. The van der Waals surface area contributed by atoms with Gasteiger partial charge in [0.2, 0.25) is 0 Å². The van der Waals surface area contributed by atoms with E-state index in [1.165, 1.54) is 30.7 Å². The van der Waals surface area contributed by atoms with Crippen LogP contribution in [0.3, 0.4) is 0 Å². The highest BCUT2D eigenvalue weighted by Gasteiger charge is 2.39. The molecule has 2 aromatic rings. The molecule has 2 aliphatic rings. The van der Waals surface area contributed by atoms with Gasteiger partial charge in [0.25, 0.3) is 0 Å². The van der Waals surface area contributed by atoms with Crippen molar-refractivity contribution in [1.82, 2.24) is 9.97 Å². The summed E-state index contributed by atoms with van der Waals surface area (Å²) in [6.45, 7) is 0.0702. The summed E-state index contributed by atoms with van der Waals surface area (Å²) in [6, 6.07) is 5.85. The van der Waals surface area contributed by atoms with Gasteiger partial charge in [0, 0.05) is 11.8 Å². The van der Waals surface area contributed by atoms with Gasteiger partial charge in [0.1, 0.15) is 0 Å². The van der Waals surface area contributed by atoms with Crippen LogP contribution in [-0.2, 0) is 6.61 Å². The lowest BCUT2D eigenvalue weighted by atomic mass is 10.00. The van der Waals surface area contributed by atoms with E-state index in [2.05, 4.69) is 0 Å². The average Bonchev–Trinajstić information content (AvgIpc) is 2.97. The molecule has 0 saturated heterocycles. The molecule has 1 heterocycles. The van der Waals surface area contributed by atoms with Crippen molar-refractivity contribution in [1.29, 1.82) is 0 Å². The Kier molecular flexibility index (Phi) is 1.83. The summed E-state index contributed by atoms with van der Waals surface area (Å²) in [7, 11) is 0. The molecule has 3 heteroatoms. The maximum atomic E-state index is 9.15. The fourth-order valence-corrected chi connectivity index (χ4v) is 3.30. The third kappa shape index (κ3) is 1.26. The highest BCUT2D eigenvalue weighted by Crippen LogP contribution is 2.51. The molecular weight excluding hydrogens is 212 g/mol. The molecule has 3 nitrogen and oxygen atoms in total. The van der Waals surface area contributed by atoms with E-state index < -0.39 is 0 Å². The summed E-state index contributed by atoms with van der Waals surface area (Å²) in [5, 5.41) is 9.15. The predicted molar refractivity (Wildman–Crippen MR) is 64.8 cm³/mol. The second kappa shape index (κ2) is 3.26. The van der Waals surface area contributed by atoms with E-state index in [9.17, 15) is 0 Å². The van der Waals surface area contributed by atoms with Gasteiger partial charge in [0.15, 0.2) is 0 Å². The van der Waals surface area contributed by atoms with E-state index in [-0.39, 0.29) is 6.61 Å². The van der Waals surface area contributed by atoms with E-state index in [1.54, 1.807) is 0 Å². The summed E-state index contributed by atoms with van der Waals surface area (Å²) in [4.78, 5) is 9.54. The zero-order valence-corrected chi connectivity index (χ0v) is 9.56. The lowest BCUT2D eigenvalue weighted by Crippen LogP contribution is -2.04. The van der Waals surface area contributed by atoms with E-state index in [1.807, 2.05) is 18.2 Å². The minimum Gasteiger partial charge on any atom is -0.392 e. The van der Waals surface area contributed by atoms with Crippen molar-refractivity contribution < 1.29 is 5.11 Å². The lowest BCUT2D eigenvalue weighted by Gasteiger charge is -2.13. The smallest absolute Gasteiger partial charge is 0.0894 e. The average molecular weight is 226 g/mol. The first-order chi connectivity index (χ1) is 8.35. The van der Waals surface area contributed by atoms with E-state index in [0.717, 1.165) is 16.6 Å². The Morgan fingerprint density at radius 1 is 1.06 bits per heavy atom. The Bertz CT molecular complexity index is 608. The van der Waals surface area contributed by atoms with Crippen molar-refractivity contribution >= 4 is 11.0 Å². The van der Waals surface area contributed by atoms with E-state index >= 15 is 0 Å². The zero-order chi connectivity index (χ0) is 11.4. The molecule has 0 amide bonds. The number of benzene rings is 1. The van der Waals surface area contributed by atoms with Crippen molar-refractivity contribution in [3.63, 3.8) is 0 Å². The van der Waals surface area contributed by atoms with E-state index in [0.29, 0.717) is 11.8 Å². The highest BCUT2D eigenvalue weighted by molar-refractivity contribution is 5.75. The number of hydrogen-bond acceptors (Lipinski definition) is 3. The molecule has 1 saturated carbocycles. The van der Waals surface area contributed by atoms with Crippen molar-refractivity contribution in [2.24, 2.45) is 0 Å². The predicted octanol–water partition coefficient (Wildman–Crippen LogP) is 2.49. The quantitative estimate of drug-likeness (QED) is 0.812. The SMILES string of the molecule is OCc1ccc2nc3c(nc2c1)[C@H]1CC[C@@H]3C1. The lowest BCUT2D eigenvalue weighted by molar-refractivity contribution is 0.282. The largest absolute Gasteiger partial charge is 0.392 e. The molecule has 2 atom stereocenters. The fraction of sp³-hybridized carbons (Fsp3) is 0.429. The molecule has 0 aliphatic heterocycles. The first-order valence-corrected chi connectivity index (χ1v) is 6.26. The van der Waals surface area contributed by atoms with Crippen LogP contribution in [0.2, 0.25) is 0 Å². The number of fused-ring (bicyclic) bond motifs is 6. The summed E-state index contributed by atoms with van der Waals surface area (Å²) in [5.74, 6) is 1.30. The molecule has 1 aromatic carbocycles. The number of aromatic nitrogens is 2. The fourth-order valence-electron chi connectivity index (χ4n) is 3.30. The van der Waals surface area contributed by atoms with E-state index in [4.69, 9.17) is 15.1 Å². The van der Waals surface area contributed by atoms with Gasteiger partial charge in [-0.2, -0.15) is 0 Å². The van der Waals surface area contributed by atoms with Gasteiger partial charge in [-0.05, 0) is 37.0 Å². The number of nitrogens with zero attached hydrogens (tertiary/aromatic N) is 2. The molecule has 17 heavy (non-hydrogen) atoms. The van der Waals surface area contributed by atoms with Gasteiger partial charge in [-0.3, -0.25) is 0 Å². The zero-order valence-electron chi connectivity index (χ0n) is 9.56. The van der Waals surface area contributed by atoms with Crippen molar-refractivity contribution in [2.45, 2.75) is 37.7 Å². The summed E-state index contributed by atoms with van der Waals surface area (Å²) >= 11 is 0. The van der Waals surface area contributed by atoms with Crippen LogP contribution in [0.5, 0.6) is 0 Å². The van der Waals surface area contributed by atoms with Crippen molar-refractivity contribution in [3.8, 4) is 0 Å². The van der Waals surface area contributed by atoms with Crippen LogP contribution >= 0.6 is 0 Å². The molecule has 0 unspecified atom stereocenters. The molecule has 86 valence electrons. The molecule has 1 fully saturated rings. The van der Waals surface area contributed by atoms with Crippen molar-refractivity contribution in [3.05, 3.63) is 35.2 Å². The molecular formula is C14H14N2O. The summed E-state index contributed by atoms with van der Waals surface area (Å²) in [5.41, 5.74) is 5.28. The van der Waals surface area contributed by atoms with Crippen LogP contribution in [-0.4, -0.2) is 15.1 Å². The van der Waals surface area contributed by atoms with Gasteiger partial charge in [0.05, 0.1) is 29.0 Å². The Hall–Kier alpha value is -1.48. The van der Waals surface area contributed by atoms with Gasteiger partial charge >= 0.3 is 0 Å². The van der Waals surface area contributed by atoms with Gasteiger partial charge in [-0.1, -0.05) is 6.07 Å². The number of aliphatic hydroxyl groups is 1. The van der Waals surface area contributed by atoms with Crippen molar-refractivity contribution in [2.75, 3.05) is 0 Å². The Balaban J connectivity index is 1.97. The molecule has 1 aromatic heterocycles. The normalized spacial score (nSPS) is 25.5. The third-order valence-corrected chi connectivity index (χ3v) is 4.17. The Morgan fingerprint density at radius 2 is 1.76 bits per heavy atom. The standard InChI is InChI=1S/C14H14N2O/c17-7-8-1-4-11-12(5-8)16-14-10-3-2-9(6-10)13(14)15-11/h1,4-5,9-10,17H,2-3,6-7H2/t9-,10+/m1/s1. The molecule has 2 aliphatic carbocycles. The van der Waals surface area contributed by atoms with Crippen LogP contribution in [0.4, 0.5) is 0 Å². The van der Waals surface area contributed by atoms with Gasteiger partial charge < -0.3 is 5.11 Å². The maximum Gasteiger partial charge on any atom is 0.0894 e. The second-order valence-electron chi connectivity index (χ2n) is 5.18. The van der Waals surface area contributed by atoms with Crippen LogP contribution < -0.4 is 0 Å².